The van der Waals surface area contributed by atoms with Crippen molar-refractivity contribution in [2.45, 2.75) is 6.92 Å². The molecule has 7 heavy (non-hydrogen) atoms. The van der Waals surface area contributed by atoms with Crippen molar-refractivity contribution in [3.63, 3.8) is 0 Å². The SMILES string of the molecule is Cc1ccco1.[Ni]. The molecule has 1 heterocycles. The standard InChI is InChI=1S/C5H6O.Ni/c1-5-3-2-4-6-5;/h2-4H,1H3;. The van der Waals surface area contributed by atoms with Crippen LogP contribution >= 0.6 is 0 Å². The van der Waals surface area contributed by atoms with Gasteiger partial charge < -0.3 is 4.42 Å². The number of rotatable bonds is 0. The van der Waals surface area contributed by atoms with Crippen molar-refractivity contribution in [1.29, 1.82) is 0 Å². The monoisotopic (exact) mass is 140 g/mol. The Kier molecular flexibility index (Phi) is 2.77. The van der Waals surface area contributed by atoms with Crippen molar-refractivity contribution in [1.82, 2.24) is 0 Å². The van der Waals surface area contributed by atoms with Crippen LogP contribution in [0.3, 0.4) is 0 Å². The van der Waals surface area contributed by atoms with Crippen LogP contribution in [0.2, 0.25) is 0 Å². The molecule has 0 atom stereocenters. The Morgan fingerprint density at radius 1 is 1.57 bits per heavy atom. The normalized spacial score (nSPS) is 7.57. The molecule has 0 N–H and O–H groups in total. The third kappa shape index (κ3) is 1.79. The zero-order chi connectivity index (χ0) is 4.41. The molecule has 0 bridgehead atoms. The Balaban J connectivity index is 0.000000360. The summed E-state index contributed by atoms with van der Waals surface area (Å²) in [7, 11) is 0. The van der Waals surface area contributed by atoms with Crippen LogP contribution < -0.4 is 0 Å². The van der Waals surface area contributed by atoms with Gasteiger partial charge in [0.15, 0.2) is 0 Å². The van der Waals surface area contributed by atoms with Crippen molar-refractivity contribution in [2.24, 2.45) is 0 Å². The average molecular weight is 141 g/mol. The quantitative estimate of drug-likeness (QED) is 0.499. The molecule has 1 aromatic heterocycles. The summed E-state index contributed by atoms with van der Waals surface area (Å²) in [5.74, 6) is 0.968. The Morgan fingerprint density at radius 3 is 2.43 bits per heavy atom. The fraction of sp³-hybridized carbons (Fsp3) is 0.200. The van der Waals surface area contributed by atoms with Crippen molar-refractivity contribution in [2.75, 3.05) is 0 Å². The van der Waals surface area contributed by atoms with E-state index in [4.69, 9.17) is 4.42 Å². The third-order valence-corrected chi connectivity index (χ3v) is 0.663. The smallest absolute Gasteiger partial charge is 0.100 e. The molecule has 0 fully saturated rings. The molecule has 1 rings (SSSR count). The molecule has 2 heteroatoms. The fourth-order valence-electron chi connectivity index (χ4n) is 0.361. The van der Waals surface area contributed by atoms with E-state index in [1.807, 2.05) is 19.1 Å². The van der Waals surface area contributed by atoms with Gasteiger partial charge in [-0.3, -0.25) is 0 Å². The molecule has 1 aromatic rings. The Morgan fingerprint density at radius 2 is 2.29 bits per heavy atom. The molecule has 42 valence electrons. The second kappa shape index (κ2) is 2.87. The summed E-state index contributed by atoms with van der Waals surface area (Å²) < 4.78 is 4.83. The summed E-state index contributed by atoms with van der Waals surface area (Å²) in [5.41, 5.74) is 0. The summed E-state index contributed by atoms with van der Waals surface area (Å²) in [5, 5.41) is 0. The van der Waals surface area contributed by atoms with Crippen LogP contribution in [0.4, 0.5) is 0 Å². The minimum absolute atomic E-state index is 0. The minimum atomic E-state index is 0. The van der Waals surface area contributed by atoms with Crippen molar-refractivity contribution < 1.29 is 20.9 Å². The zero-order valence-corrected chi connectivity index (χ0v) is 4.94. The van der Waals surface area contributed by atoms with Gasteiger partial charge in [0, 0.05) is 16.5 Å². The number of hydrogen-bond acceptors (Lipinski definition) is 1. The maximum Gasteiger partial charge on any atom is 0.100 e. The van der Waals surface area contributed by atoms with Crippen LogP contribution in [0.25, 0.3) is 0 Å². The summed E-state index contributed by atoms with van der Waals surface area (Å²) in [4.78, 5) is 0. The maximum atomic E-state index is 4.83. The van der Waals surface area contributed by atoms with Gasteiger partial charge in [-0.2, -0.15) is 0 Å². The Hall–Kier alpha value is -0.226. The van der Waals surface area contributed by atoms with Gasteiger partial charge in [0.25, 0.3) is 0 Å². The second-order valence-electron chi connectivity index (χ2n) is 1.22. The summed E-state index contributed by atoms with van der Waals surface area (Å²) >= 11 is 0. The van der Waals surface area contributed by atoms with Crippen LogP contribution in [0.5, 0.6) is 0 Å². The first kappa shape index (κ1) is 6.77. The van der Waals surface area contributed by atoms with Gasteiger partial charge in [0.1, 0.15) is 5.76 Å². The Bertz CT molecular complexity index is 112. The van der Waals surface area contributed by atoms with E-state index in [-0.39, 0.29) is 16.5 Å². The molecule has 1 nitrogen and oxygen atoms in total. The van der Waals surface area contributed by atoms with Crippen molar-refractivity contribution in [3.8, 4) is 0 Å². The first-order valence-corrected chi connectivity index (χ1v) is 1.90. The van der Waals surface area contributed by atoms with Gasteiger partial charge in [0.05, 0.1) is 6.26 Å². The summed E-state index contributed by atoms with van der Waals surface area (Å²) in [6.07, 6.45) is 1.66. The summed E-state index contributed by atoms with van der Waals surface area (Å²) in [6.45, 7) is 1.92. The van der Waals surface area contributed by atoms with Crippen molar-refractivity contribution in [3.05, 3.63) is 24.2 Å². The second-order valence-corrected chi connectivity index (χ2v) is 1.22. The predicted molar refractivity (Wildman–Crippen MR) is 23.4 cm³/mol. The molecule has 0 aromatic carbocycles. The molecule has 0 aliphatic heterocycles. The van der Waals surface area contributed by atoms with E-state index in [0.29, 0.717) is 0 Å². The van der Waals surface area contributed by atoms with Crippen LogP contribution in [-0.4, -0.2) is 0 Å². The topological polar surface area (TPSA) is 13.1 Å². The van der Waals surface area contributed by atoms with Crippen molar-refractivity contribution >= 4 is 0 Å². The fourth-order valence-corrected chi connectivity index (χ4v) is 0.361. The van der Waals surface area contributed by atoms with Gasteiger partial charge in [-0.15, -0.1) is 0 Å². The maximum absolute atomic E-state index is 4.83. The molecular formula is C5H6NiO. The number of furan rings is 1. The van der Waals surface area contributed by atoms with E-state index in [1.54, 1.807) is 6.26 Å². The van der Waals surface area contributed by atoms with Crippen LogP contribution in [0.1, 0.15) is 5.76 Å². The number of aryl methyl sites for hydroxylation is 1. The molecule has 0 amide bonds. The van der Waals surface area contributed by atoms with E-state index in [1.165, 1.54) is 0 Å². The molecule has 0 aliphatic carbocycles. The van der Waals surface area contributed by atoms with Crippen LogP contribution in [0.15, 0.2) is 22.8 Å². The molecule has 0 unspecified atom stereocenters. The van der Waals surface area contributed by atoms with Crippen LogP contribution in [0, 0.1) is 6.92 Å². The van der Waals surface area contributed by atoms with E-state index < -0.39 is 0 Å². The molecule has 0 aliphatic rings. The van der Waals surface area contributed by atoms with E-state index >= 15 is 0 Å². The molecule has 0 spiro atoms. The average Bonchev–Trinajstić information content (AvgIpc) is 1.86. The summed E-state index contributed by atoms with van der Waals surface area (Å²) in [6, 6.07) is 3.79. The van der Waals surface area contributed by atoms with Gasteiger partial charge >= 0.3 is 0 Å². The van der Waals surface area contributed by atoms with E-state index in [2.05, 4.69) is 0 Å². The van der Waals surface area contributed by atoms with E-state index in [0.717, 1.165) is 5.76 Å². The van der Waals surface area contributed by atoms with E-state index in [9.17, 15) is 0 Å². The van der Waals surface area contributed by atoms with Gasteiger partial charge in [-0.05, 0) is 19.1 Å². The minimum Gasteiger partial charge on any atom is -0.470 e. The Labute approximate surface area is 52.6 Å². The molecular weight excluding hydrogens is 135 g/mol. The van der Waals surface area contributed by atoms with Gasteiger partial charge in [0.2, 0.25) is 0 Å². The largest absolute Gasteiger partial charge is 0.470 e. The molecule has 0 saturated carbocycles. The van der Waals surface area contributed by atoms with Gasteiger partial charge in [-0.1, -0.05) is 0 Å². The molecule has 0 radical (unpaired) electrons. The van der Waals surface area contributed by atoms with Crippen LogP contribution in [-0.2, 0) is 16.5 Å². The first-order valence-electron chi connectivity index (χ1n) is 1.90. The number of hydrogen-bond donors (Lipinski definition) is 0. The zero-order valence-electron chi connectivity index (χ0n) is 3.96. The first-order chi connectivity index (χ1) is 2.89. The third-order valence-electron chi connectivity index (χ3n) is 0.663. The predicted octanol–water partition coefficient (Wildman–Crippen LogP) is 1.59. The molecule has 0 saturated heterocycles. The van der Waals surface area contributed by atoms with Gasteiger partial charge in [-0.25, -0.2) is 0 Å².